The van der Waals surface area contributed by atoms with Crippen LogP contribution in [0.2, 0.25) is 0 Å². The smallest absolute Gasteiger partial charge is 0.00772 e. The SMILES string of the molecule is NCCNCCNCCN.[Co]. The van der Waals surface area contributed by atoms with Gasteiger partial charge in [-0.2, -0.15) is 0 Å². The number of nitrogens with two attached hydrogens (primary N) is 2. The standard InChI is InChI=1S/C6H18N4.Co/c7-1-3-9-5-6-10-4-2-8;/h9-10H,1-8H2;. The predicted octanol–water partition coefficient (Wildman–Crippen LogP) is -1.92. The summed E-state index contributed by atoms with van der Waals surface area (Å²) in [6.45, 7) is 5.14. The third kappa shape index (κ3) is 13.4. The molecule has 0 aliphatic heterocycles. The molecule has 1 radical (unpaired) electrons. The minimum Gasteiger partial charge on any atom is -0.329 e. The number of rotatable bonds is 7. The average Bonchev–Trinajstić information content (AvgIpc) is 1.97. The summed E-state index contributed by atoms with van der Waals surface area (Å²) in [7, 11) is 0. The van der Waals surface area contributed by atoms with E-state index in [0.717, 1.165) is 26.2 Å². The largest absolute Gasteiger partial charge is 0.329 e. The summed E-state index contributed by atoms with van der Waals surface area (Å²) >= 11 is 0. The molecular weight excluding hydrogens is 187 g/mol. The molecule has 71 valence electrons. The summed E-state index contributed by atoms with van der Waals surface area (Å²) in [5, 5.41) is 6.33. The van der Waals surface area contributed by atoms with Crippen molar-refractivity contribution in [3.63, 3.8) is 0 Å². The molecule has 11 heavy (non-hydrogen) atoms. The van der Waals surface area contributed by atoms with Gasteiger partial charge in [-0.25, -0.2) is 0 Å². The molecule has 0 saturated heterocycles. The summed E-state index contributed by atoms with van der Waals surface area (Å²) in [6.07, 6.45) is 0. The quantitative estimate of drug-likeness (QED) is 0.365. The van der Waals surface area contributed by atoms with Crippen LogP contribution in [0.3, 0.4) is 0 Å². The van der Waals surface area contributed by atoms with Gasteiger partial charge in [0.25, 0.3) is 0 Å². The Bertz CT molecular complexity index is 54.5. The number of hydrogen-bond acceptors (Lipinski definition) is 4. The Morgan fingerprint density at radius 2 is 1.09 bits per heavy atom. The Balaban J connectivity index is 0. The molecule has 4 nitrogen and oxygen atoms in total. The molecule has 0 amide bonds. The molecule has 5 heteroatoms. The molecular formula is C6H18CoN4. The minimum absolute atomic E-state index is 0. The van der Waals surface area contributed by atoms with Crippen molar-refractivity contribution in [1.82, 2.24) is 10.6 Å². The van der Waals surface area contributed by atoms with Crippen LogP contribution in [0.4, 0.5) is 0 Å². The van der Waals surface area contributed by atoms with Gasteiger partial charge in [-0.05, 0) is 0 Å². The van der Waals surface area contributed by atoms with Crippen molar-refractivity contribution in [2.75, 3.05) is 39.3 Å². The van der Waals surface area contributed by atoms with Crippen LogP contribution < -0.4 is 22.1 Å². The van der Waals surface area contributed by atoms with Crippen LogP contribution in [-0.4, -0.2) is 39.3 Å². The van der Waals surface area contributed by atoms with Crippen LogP contribution in [0, 0.1) is 0 Å². The van der Waals surface area contributed by atoms with Gasteiger partial charge in [0.05, 0.1) is 0 Å². The minimum atomic E-state index is 0. The van der Waals surface area contributed by atoms with E-state index in [4.69, 9.17) is 11.5 Å². The maximum Gasteiger partial charge on any atom is 0.00772 e. The molecule has 0 bridgehead atoms. The number of nitrogens with one attached hydrogen (secondary N) is 2. The fraction of sp³-hybridized carbons (Fsp3) is 1.00. The van der Waals surface area contributed by atoms with E-state index in [1.165, 1.54) is 0 Å². The van der Waals surface area contributed by atoms with E-state index in [-0.39, 0.29) is 16.8 Å². The van der Waals surface area contributed by atoms with E-state index in [1.54, 1.807) is 0 Å². The zero-order chi connectivity index (χ0) is 7.66. The van der Waals surface area contributed by atoms with Gasteiger partial charge in [0.1, 0.15) is 0 Å². The summed E-state index contributed by atoms with van der Waals surface area (Å²) in [4.78, 5) is 0. The van der Waals surface area contributed by atoms with Crippen LogP contribution in [0.5, 0.6) is 0 Å². The van der Waals surface area contributed by atoms with Crippen molar-refractivity contribution in [2.24, 2.45) is 11.5 Å². The zero-order valence-corrected chi connectivity index (χ0v) is 7.77. The van der Waals surface area contributed by atoms with Crippen molar-refractivity contribution in [1.29, 1.82) is 0 Å². The first-order valence-electron chi connectivity index (χ1n) is 3.73. The summed E-state index contributed by atoms with van der Waals surface area (Å²) in [5.41, 5.74) is 10.5. The second-order valence-electron chi connectivity index (χ2n) is 2.08. The Kier molecular flexibility index (Phi) is 16.4. The third-order valence-electron chi connectivity index (χ3n) is 1.12. The van der Waals surface area contributed by atoms with Gasteiger partial charge in [0.15, 0.2) is 0 Å². The van der Waals surface area contributed by atoms with Crippen molar-refractivity contribution in [2.45, 2.75) is 0 Å². The maximum atomic E-state index is 5.27. The fourth-order valence-corrected chi connectivity index (χ4v) is 0.631. The molecule has 0 aliphatic carbocycles. The zero-order valence-electron chi connectivity index (χ0n) is 6.73. The molecule has 6 N–H and O–H groups in total. The van der Waals surface area contributed by atoms with Crippen molar-refractivity contribution >= 4 is 0 Å². The molecule has 0 unspecified atom stereocenters. The molecule has 0 aromatic carbocycles. The summed E-state index contributed by atoms with van der Waals surface area (Å²) in [5.74, 6) is 0. The topological polar surface area (TPSA) is 76.1 Å². The van der Waals surface area contributed by atoms with Crippen LogP contribution in [0.1, 0.15) is 0 Å². The molecule has 0 aromatic rings. The van der Waals surface area contributed by atoms with Crippen molar-refractivity contribution in [3.05, 3.63) is 0 Å². The summed E-state index contributed by atoms with van der Waals surface area (Å²) in [6, 6.07) is 0. The second-order valence-corrected chi connectivity index (χ2v) is 2.08. The van der Waals surface area contributed by atoms with Gasteiger partial charge < -0.3 is 22.1 Å². The molecule has 0 spiro atoms. The van der Waals surface area contributed by atoms with E-state index in [9.17, 15) is 0 Å². The van der Waals surface area contributed by atoms with E-state index >= 15 is 0 Å². The predicted molar refractivity (Wildman–Crippen MR) is 43.8 cm³/mol. The number of hydrogen-bond donors (Lipinski definition) is 4. The molecule has 0 atom stereocenters. The molecule has 0 fully saturated rings. The van der Waals surface area contributed by atoms with Crippen molar-refractivity contribution < 1.29 is 16.8 Å². The van der Waals surface area contributed by atoms with Crippen LogP contribution in [-0.2, 0) is 16.8 Å². The van der Waals surface area contributed by atoms with Crippen LogP contribution >= 0.6 is 0 Å². The van der Waals surface area contributed by atoms with E-state index in [0.29, 0.717) is 13.1 Å². The Morgan fingerprint density at radius 3 is 1.36 bits per heavy atom. The van der Waals surface area contributed by atoms with Crippen molar-refractivity contribution in [3.8, 4) is 0 Å². The van der Waals surface area contributed by atoms with Gasteiger partial charge in [-0.1, -0.05) is 0 Å². The van der Waals surface area contributed by atoms with E-state index in [2.05, 4.69) is 10.6 Å². The Labute approximate surface area is 78.7 Å². The van der Waals surface area contributed by atoms with E-state index in [1.807, 2.05) is 0 Å². The van der Waals surface area contributed by atoms with Gasteiger partial charge in [0, 0.05) is 56.0 Å². The molecule has 0 aliphatic rings. The Morgan fingerprint density at radius 1 is 0.727 bits per heavy atom. The van der Waals surface area contributed by atoms with E-state index < -0.39 is 0 Å². The van der Waals surface area contributed by atoms with Crippen LogP contribution in [0.15, 0.2) is 0 Å². The van der Waals surface area contributed by atoms with Gasteiger partial charge >= 0.3 is 0 Å². The molecule has 0 aromatic heterocycles. The molecule has 0 heterocycles. The first-order chi connectivity index (χ1) is 4.91. The third-order valence-corrected chi connectivity index (χ3v) is 1.12. The van der Waals surface area contributed by atoms with Gasteiger partial charge in [-0.15, -0.1) is 0 Å². The normalized spacial score (nSPS) is 9.27. The molecule has 0 saturated carbocycles. The monoisotopic (exact) mass is 205 g/mol. The maximum absolute atomic E-state index is 5.27. The van der Waals surface area contributed by atoms with Gasteiger partial charge in [-0.3, -0.25) is 0 Å². The second kappa shape index (κ2) is 13.0. The van der Waals surface area contributed by atoms with Crippen LogP contribution in [0.25, 0.3) is 0 Å². The first kappa shape index (κ1) is 13.9. The fourth-order valence-electron chi connectivity index (χ4n) is 0.631. The average molecular weight is 205 g/mol. The summed E-state index contributed by atoms with van der Waals surface area (Å²) < 4.78 is 0. The van der Waals surface area contributed by atoms with Gasteiger partial charge in [0.2, 0.25) is 0 Å². The first-order valence-corrected chi connectivity index (χ1v) is 3.73. The molecule has 0 rings (SSSR count). The Hall–Kier alpha value is 0.346.